The van der Waals surface area contributed by atoms with Crippen LogP contribution in [0.3, 0.4) is 0 Å². The largest absolute Gasteiger partial charge is 0.357 e. The summed E-state index contributed by atoms with van der Waals surface area (Å²) in [6.45, 7) is 0.830. The summed E-state index contributed by atoms with van der Waals surface area (Å²) in [4.78, 5) is 0. The molecule has 0 saturated heterocycles. The van der Waals surface area contributed by atoms with Gasteiger partial charge in [0.25, 0.3) is 0 Å². The van der Waals surface area contributed by atoms with Crippen LogP contribution in [0.4, 0.5) is 0 Å². The summed E-state index contributed by atoms with van der Waals surface area (Å²) in [6, 6.07) is 2.29. The first-order chi connectivity index (χ1) is 9.24. The highest BCUT2D eigenvalue weighted by molar-refractivity contribution is 5.20. The van der Waals surface area contributed by atoms with E-state index in [-0.39, 0.29) is 0 Å². The molecule has 4 aliphatic carbocycles. The van der Waals surface area contributed by atoms with Crippen LogP contribution in [-0.4, -0.2) is 11.1 Å². The number of nitrogens with zero attached hydrogens (tertiary/aromatic N) is 1. The van der Waals surface area contributed by atoms with Crippen molar-refractivity contribution in [1.82, 2.24) is 4.57 Å². The summed E-state index contributed by atoms with van der Waals surface area (Å²) in [5.74, 6) is 5.56. The van der Waals surface area contributed by atoms with Crippen molar-refractivity contribution < 1.29 is 0 Å². The maximum absolute atomic E-state index is 6.18. The predicted octanol–water partition coefficient (Wildman–Crippen LogP) is 3.14. The van der Waals surface area contributed by atoms with E-state index in [9.17, 15) is 0 Å². The fourth-order valence-electron chi connectivity index (χ4n) is 5.88. The van der Waals surface area contributed by atoms with Crippen LogP contribution in [0.5, 0.6) is 0 Å². The molecule has 4 bridgehead atoms. The Morgan fingerprint density at radius 2 is 1.79 bits per heavy atom. The molecule has 1 aromatic heterocycles. The van der Waals surface area contributed by atoms with E-state index in [4.69, 9.17) is 5.73 Å². The number of nitrogens with two attached hydrogens (primary N) is 1. The Morgan fingerprint density at radius 3 is 2.26 bits per heavy atom. The lowest BCUT2D eigenvalue weighted by molar-refractivity contribution is -0.0467. The van der Waals surface area contributed by atoms with Crippen LogP contribution in [0, 0.1) is 29.6 Å². The third-order valence-corrected chi connectivity index (χ3v) is 6.30. The minimum atomic E-state index is 0.608. The Hall–Kier alpha value is -0.760. The van der Waals surface area contributed by atoms with Gasteiger partial charge in [-0.15, -0.1) is 0 Å². The monoisotopic (exact) mass is 258 g/mol. The molecule has 0 aromatic carbocycles. The smallest absolute Gasteiger partial charge is 0.0106 e. The molecule has 104 valence electrons. The van der Waals surface area contributed by atoms with Gasteiger partial charge in [-0.2, -0.15) is 0 Å². The second-order valence-electron chi connectivity index (χ2n) is 7.46. The van der Waals surface area contributed by atoms with Crippen molar-refractivity contribution in [3.05, 3.63) is 24.0 Å². The molecule has 1 atom stereocenters. The zero-order valence-corrected chi connectivity index (χ0v) is 12.0. The zero-order chi connectivity index (χ0) is 13.0. The van der Waals surface area contributed by atoms with Gasteiger partial charge in [-0.3, -0.25) is 0 Å². The van der Waals surface area contributed by atoms with E-state index in [1.54, 1.807) is 6.42 Å². The predicted molar refractivity (Wildman–Crippen MR) is 77.7 cm³/mol. The van der Waals surface area contributed by atoms with E-state index in [1.165, 1.54) is 31.2 Å². The van der Waals surface area contributed by atoms with E-state index in [1.807, 2.05) is 0 Å². The molecule has 19 heavy (non-hydrogen) atoms. The molecule has 0 amide bonds. The molecular weight excluding hydrogens is 232 g/mol. The summed E-state index contributed by atoms with van der Waals surface area (Å²) in [5, 5.41) is 0. The van der Waals surface area contributed by atoms with E-state index in [0.29, 0.717) is 5.92 Å². The minimum absolute atomic E-state index is 0.608. The van der Waals surface area contributed by atoms with Crippen molar-refractivity contribution in [3.8, 4) is 0 Å². The van der Waals surface area contributed by atoms with Gasteiger partial charge in [-0.1, -0.05) is 0 Å². The summed E-state index contributed by atoms with van der Waals surface area (Å²) < 4.78 is 2.17. The summed E-state index contributed by atoms with van der Waals surface area (Å²) in [7, 11) is 2.12. The first kappa shape index (κ1) is 12.0. The molecular formula is C17H26N2. The highest BCUT2D eigenvalue weighted by Gasteiger charge is 2.50. The molecule has 0 aliphatic heterocycles. The van der Waals surface area contributed by atoms with Gasteiger partial charge in [0.2, 0.25) is 0 Å². The average Bonchev–Trinajstić information content (AvgIpc) is 2.79. The molecule has 4 saturated carbocycles. The molecule has 0 spiro atoms. The van der Waals surface area contributed by atoms with Crippen LogP contribution < -0.4 is 5.73 Å². The fourth-order valence-corrected chi connectivity index (χ4v) is 5.88. The summed E-state index contributed by atoms with van der Waals surface area (Å²) in [6.07, 6.45) is 12.0. The average molecular weight is 258 g/mol. The van der Waals surface area contributed by atoms with Gasteiger partial charge in [0.15, 0.2) is 0 Å². The quantitative estimate of drug-likeness (QED) is 0.887. The highest BCUT2D eigenvalue weighted by atomic mass is 14.9. The van der Waals surface area contributed by atoms with Gasteiger partial charge in [0.05, 0.1) is 0 Å². The molecule has 1 heterocycles. The summed E-state index contributed by atoms with van der Waals surface area (Å²) >= 11 is 0. The Kier molecular flexibility index (Phi) is 2.77. The maximum Gasteiger partial charge on any atom is 0.0106 e. The van der Waals surface area contributed by atoms with Crippen molar-refractivity contribution in [2.45, 2.75) is 38.0 Å². The third-order valence-electron chi connectivity index (χ3n) is 6.30. The lowest BCUT2D eigenvalue weighted by Crippen LogP contribution is -2.48. The molecule has 1 aromatic rings. The van der Waals surface area contributed by atoms with Gasteiger partial charge in [0.1, 0.15) is 0 Å². The second kappa shape index (κ2) is 4.37. The van der Waals surface area contributed by atoms with Crippen LogP contribution in [0.2, 0.25) is 0 Å². The SMILES string of the molecule is Cn1ccc(C(CN)C2C3CC4CC(C3)CC2C4)c1. The maximum atomic E-state index is 6.18. The van der Waals surface area contributed by atoms with Gasteiger partial charge >= 0.3 is 0 Å². The van der Waals surface area contributed by atoms with Crippen molar-refractivity contribution in [2.24, 2.45) is 42.4 Å². The van der Waals surface area contributed by atoms with Crippen LogP contribution in [0.1, 0.15) is 43.6 Å². The molecule has 4 aliphatic rings. The molecule has 0 radical (unpaired) electrons. The van der Waals surface area contributed by atoms with Crippen molar-refractivity contribution in [2.75, 3.05) is 6.54 Å². The van der Waals surface area contributed by atoms with Crippen molar-refractivity contribution in [1.29, 1.82) is 0 Å². The van der Waals surface area contributed by atoms with Crippen LogP contribution in [0.15, 0.2) is 18.5 Å². The molecule has 5 rings (SSSR count). The molecule has 4 fully saturated rings. The van der Waals surface area contributed by atoms with E-state index < -0.39 is 0 Å². The van der Waals surface area contributed by atoms with Crippen LogP contribution in [-0.2, 0) is 7.05 Å². The van der Waals surface area contributed by atoms with Crippen molar-refractivity contribution >= 4 is 0 Å². The van der Waals surface area contributed by atoms with Crippen LogP contribution >= 0.6 is 0 Å². The second-order valence-corrected chi connectivity index (χ2v) is 7.46. The lowest BCUT2D eigenvalue weighted by Gasteiger charge is -2.56. The standard InChI is InChI=1S/C17H26N2/c1-19-3-2-13(10-19)16(9-18)17-14-5-11-4-12(7-14)8-15(17)6-11/h2-3,10-12,14-17H,4-9,18H2,1H3. The van der Waals surface area contributed by atoms with Crippen LogP contribution in [0.25, 0.3) is 0 Å². The number of aryl methyl sites for hydroxylation is 1. The minimum Gasteiger partial charge on any atom is -0.357 e. The Labute approximate surface area is 116 Å². The van der Waals surface area contributed by atoms with Crippen molar-refractivity contribution in [3.63, 3.8) is 0 Å². The zero-order valence-electron chi connectivity index (χ0n) is 12.0. The molecule has 2 heteroatoms. The van der Waals surface area contributed by atoms with Gasteiger partial charge in [0, 0.05) is 25.4 Å². The number of hydrogen-bond acceptors (Lipinski definition) is 1. The highest BCUT2D eigenvalue weighted by Crippen LogP contribution is 2.59. The van der Waals surface area contributed by atoms with E-state index in [0.717, 1.165) is 36.1 Å². The van der Waals surface area contributed by atoms with E-state index in [2.05, 4.69) is 30.1 Å². The van der Waals surface area contributed by atoms with E-state index >= 15 is 0 Å². The number of aromatic nitrogens is 1. The third kappa shape index (κ3) is 1.87. The Bertz CT molecular complexity index is 434. The van der Waals surface area contributed by atoms with Gasteiger partial charge < -0.3 is 10.3 Å². The Morgan fingerprint density at radius 1 is 1.16 bits per heavy atom. The Balaban J connectivity index is 1.63. The topological polar surface area (TPSA) is 30.9 Å². The van der Waals surface area contributed by atoms with Gasteiger partial charge in [-0.25, -0.2) is 0 Å². The molecule has 1 unspecified atom stereocenters. The first-order valence-corrected chi connectivity index (χ1v) is 8.06. The normalized spacial score (nSPS) is 41.7. The first-order valence-electron chi connectivity index (χ1n) is 8.06. The number of rotatable bonds is 3. The fraction of sp³-hybridized carbons (Fsp3) is 0.765. The number of hydrogen-bond donors (Lipinski definition) is 1. The molecule has 2 N–H and O–H groups in total. The van der Waals surface area contributed by atoms with Gasteiger partial charge in [-0.05, 0) is 79.9 Å². The summed E-state index contributed by atoms with van der Waals surface area (Å²) in [5.41, 5.74) is 7.67. The lowest BCUT2D eigenvalue weighted by atomic mass is 9.49. The molecule has 2 nitrogen and oxygen atoms in total.